The topological polar surface area (TPSA) is 116 Å². The molecule has 2 saturated heterocycles. The normalized spacial score (nSPS) is 31.7. The van der Waals surface area contributed by atoms with Gasteiger partial charge in [-0.15, -0.1) is 0 Å². The van der Waals surface area contributed by atoms with Crippen LogP contribution < -0.4 is 0 Å². The van der Waals surface area contributed by atoms with E-state index in [-0.39, 0.29) is 6.61 Å². The quantitative estimate of drug-likeness (QED) is 0.178. The number of alkyl halides is 2. The number of esters is 1. The molecule has 0 saturated carbocycles. The lowest BCUT2D eigenvalue weighted by Gasteiger charge is -2.45. The van der Waals surface area contributed by atoms with Crippen LogP contribution in [0.5, 0.6) is 0 Å². The summed E-state index contributed by atoms with van der Waals surface area (Å²) in [5.74, 6) is -1.68. The largest absolute Gasteiger partial charge is 0.511 e. The molecule has 2 fully saturated rings. The summed E-state index contributed by atoms with van der Waals surface area (Å²) in [5, 5.41) is -1.32. The zero-order valence-electron chi connectivity index (χ0n) is 13.7. The number of β-lactam (4-membered cyclic amide) rings is 1. The van der Waals surface area contributed by atoms with Crippen molar-refractivity contribution in [3.63, 3.8) is 0 Å². The maximum absolute atomic E-state index is 12.7. The Morgan fingerprint density at radius 3 is 2.44 bits per heavy atom. The first kappa shape index (κ1) is 20.5. The van der Waals surface area contributed by atoms with Gasteiger partial charge in [-0.25, -0.2) is 18.0 Å². The van der Waals surface area contributed by atoms with Gasteiger partial charge in [0.15, 0.2) is 15.2 Å². The van der Waals surface area contributed by atoms with E-state index in [2.05, 4.69) is 9.47 Å². The van der Waals surface area contributed by atoms with Gasteiger partial charge in [-0.2, -0.15) is 0 Å². The molecule has 0 unspecified atom stereocenters. The third kappa shape index (κ3) is 3.07. The first-order valence-corrected chi connectivity index (χ1v) is 10.3. The average molecular weight is 510 g/mol. The van der Waals surface area contributed by atoms with Crippen molar-refractivity contribution < 1.29 is 37.0 Å². The standard InChI is InChI=1S/C13H17ClINO8S/c1-4-5-22-11(19)24-6-23-8(17)7-12(2,3)25(20,21)10-13(14,15)9(18)16(7)10/h7,10H,4-6H2,1-3H3/t7-,10+,13+/m0/s1. The SMILES string of the molecule is CCCOC(=O)OCOC(=O)[C@@H]1N2C(=O)[C@@](Cl)(I)[C@H]2S(=O)(=O)C1(C)C. The molecule has 0 radical (unpaired) electrons. The Hall–Kier alpha value is -0.820. The number of amides is 1. The van der Waals surface area contributed by atoms with Gasteiger partial charge in [0, 0.05) is 0 Å². The number of hydrogen-bond donors (Lipinski definition) is 0. The number of carbonyl (C=O) groups excluding carboxylic acids is 3. The highest BCUT2D eigenvalue weighted by atomic mass is 127. The molecule has 25 heavy (non-hydrogen) atoms. The molecule has 0 aromatic rings. The molecule has 0 N–H and O–H groups in total. The first-order valence-electron chi connectivity index (χ1n) is 7.31. The minimum Gasteiger partial charge on any atom is -0.434 e. The van der Waals surface area contributed by atoms with Gasteiger partial charge in [-0.05, 0) is 42.9 Å². The maximum atomic E-state index is 12.7. The smallest absolute Gasteiger partial charge is 0.434 e. The van der Waals surface area contributed by atoms with Crippen LogP contribution in [0.2, 0.25) is 0 Å². The van der Waals surface area contributed by atoms with Gasteiger partial charge in [0.05, 0.1) is 6.61 Å². The monoisotopic (exact) mass is 509 g/mol. The summed E-state index contributed by atoms with van der Waals surface area (Å²) in [6.45, 7) is 3.83. The van der Waals surface area contributed by atoms with E-state index in [9.17, 15) is 22.8 Å². The number of nitrogens with zero attached hydrogens (tertiary/aromatic N) is 1. The van der Waals surface area contributed by atoms with Crippen molar-refractivity contribution in [2.45, 2.75) is 46.2 Å². The molecule has 3 atom stereocenters. The molecule has 0 aliphatic carbocycles. The van der Waals surface area contributed by atoms with Crippen LogP contribution in [-0.2, 0) is 33.6 Å². The Morgan fingerprint density at radius 2 is 1.88 bits per heavy atom. The summed E-state index contributed by atoms with van der Waals surface area (Å²) in [5.41, 5.74) is 0. The van der Waals surface area contributed by atoms with Gasteiger partial charge >= 0.3 is 12.1 Å². The molecule has 0 bridgehead atoms. The lowest BCUT2D eigenvalue weighted by molar-refractivity contribution is -0.168. The molecule has 142 valence electrons. The van der Waals surface area contributed by atoms with E-state index in [4.69, 9.17) is 16.3 Å². The summed E-state index contributed by atoms with van der Waals surface area (Å²) >= 11 is 7.56. The molecule has 0 spiro atoms. The minimum atomic E-state index is -3.92. The number of ether oxygens (including phenoxy) is 3. The highest BCUT2D eigenvalue weighted by molar-refractivity contribution is 14.1. The van der Waals surface area contributed by atoms with Crippen LogP contribution in [0.3, 0.4) is 0 Å². The fourth-order valence-corrected chi connectivity index (χ4v) is 6.95. The van der Waals surface area contributed by atoms with Crippen molar-refractivity contribution in [2.24, 2.45) is 0 Å². The van der Waals surface area contributed by atoms with Crippen molar-refractivity contribution in [1.29, 1.82) is 0 Å². The van der Waals surface area contributed by atoms with Gasteiger partial charge in [0.25, 0.3) is 5.91 Å². The van der Waals surface area contributed by atoms with Crippen molar-refractivity contribution in [3.05, 3.63) is 0 Å². The zero-order chi connectivity index (χ0) is 19.2. The summed E-state index contributed by atoms with van der Waals surface area (Å²) in [7, 11) is -3.92. The van der Waals surface area contributed by atoms with Crippen molar-refractivity contribution in [1.82, 2.24) is 4.90 Å². The Balaban J connectivity index is 2.09. The van der Waals surface area contributed by atoms with Crippen LogP contribution >= 0.6 is 34.2 Å². The average Bonchev–Trinajstić information content (AvgIpc) is 2.66. The fraction of sp³-hybridized carbons (Fsp3) is 0.769. The molecule has 2 aliphatic heterocycles. The molecule has 0 aromatic carbocycles. The van der Waals surface area contributed by atoms with E-state index < -0.39 is 53.7 Å². The maximum Gasteiger partial charge on any atom is 0.511 e. The van der Waals surface area contributed by atoms with E-state index >= 15 is 0 Å². The third-order valence-electron chi connectivity index (χ3n) is 4.07. The van der Waals surface area contributed by atoms with E-state index in [0.717, 1.165) is 4.90 Å². The van der Waals surface area contributed by atoms with Crippen LogP contribution in [0, 0.1) is 0 Å². The Kier molecular flexibility index (Phi) is 5.51. The number of rotatable bonds is 5. The third-order valence-corrected chi connectivity index (χ3v) is 8.90. The molecule has 2 aliphatic rings. The number of sulfone groups is 1. The minimum absolute atomic E-state index is 0.151. The highest BCUT2D eigenvalue weighted by Gasteiger charge is 2.77. The first-order chi connectivity index (χ1) is 11.4. The van der Waals surface area contributed by atoms with E-state index in [1.807, 2.05) is 0 Å². The van der Waals surface area contributed by atoms with Gasteiger partial charge in [-0.1, -0.05) is 18.5 Å². The number of halogens is 2. The second-order valence-electron chi connectivity index (χ2n) is 6.06. The van der Waals surface area contributed by atoms with E-state index in [0.29, 0.717) is 6.42 Å². The van der Waals surface area contributed by atoms with Crippen LogP contribution in [0.15, 0.2) is 0 Å². The Bertz CT molecular complexity index is 707. The molecular formula is C13H17ClINO8S. The number of carbonyl (C=O) groups is 3. The van der Waals surface area contributed by atoms with Crippen molar-refractivity contribution >= 4 is 62.1 Å². The van der Waals surface area contributed by atoms with Gasteiger partial charge in [0.1, 0.15) is 10.8 Å². The number of hydrogen-bond acceptors (Lipinski definition) is 8. The van der Waals surface area contributed by atoms with E-state index in [1.165, 1.54) is 13.8 Å². The summed E-state index contributed by atoms with van der Waals surface area (Å²) in [6.07, 6.45) is -0.421. The lowest BCUT2D eigenvalue weighted by atomic mass is 9.98. The second-order valence-corrected chi connectivity index (χ2v) is 11.6. The van der Waals surface area contributed by atoms with Gasteiger partial charge in [0.2, 0.25) is 9.67 Å². The van der Waals surface area contributed by atoms with Crippen LogP contribution in [0.4, 0.5) is 4.79 Å². The number of fused-ring (bicyclic) bond motifs is 1. The Morgan fingerprint density at radius 1 is 1.28 bits per heavy atom. The van der Waals surface area contributed by atoms with Crippen molar-refractivity contribution in [3.8, 4) is 0 Å². The predicted molar refractivity (Wildman–Crippen MR) is 93.7 cm³/mol. The van der Waals surface area contributed by atoms with Gasteiger partial charge < -0.3 is 19.1 Å². The molecule has 2 heterocycles. The van der Waals surface area contributed by atoms with Gasteiger partial charge in [-0.3, -0.25) is 4.79 Å². The fourth-order valence-electron chi connectivity index (χ4n) is 2.71. The van der Waals surface area contributed by atoms with Crippen LogP contribution in [-0.4, -0.2) is 63.8 Å². The molecular weight excluding hydrogens is 493 g/mol. The summed E-state index contributed by atoms with van der Waals surface area (Å²) < 4.78 is 36.1. The predicted octanol–water partition coefficient (Wildman–Crippen LogP) is 1.16. The molecule has 12 heteroatoms. The molecule has 0 aromatic heterocycles. The second kappa shape index (κ2) is 6.72. The molecule has 2 rings (SSSR count). The van der Waals surface area contributed by atoms with Crippen molar-refractivity contribution in [2.75, 3.05) is 13.4 Å². The zero-order valence-corrected chi connectivity index (χ0v) is 17.4. The van der Waals surface area contributed by atoms with Crippen LogP contribution in [0.1, 0.15) is 27.2 Å². The Labute approximate surface area is 163 Å². The summed E-state index contributed by atoms with van der Waals surface area (Å²) in [6, 6.07) is -1.38. The lowest BCUT2D eigenvalue weighted by Crippen LogP contribution is -2.69. The highest BCUT2D eigenvalue weighted by Crippen LogP contribution is 2.56. The molecule has 9 nitrogen and oxygen atoms in total. The summed E-state index contributed by atoms with van der Waals surface area (Å²) in [4.78, 5) is 36.6. The molecule has 1 amide bonds. The van der Waals surface area contributed by atoms with E-state index in [1.54, 1.807) is 29.5 Å². The van der Waals surface area contributed by atoms with Crippen LogP contribution in [0.25, 0.3) is 0 Å².